The van der Waals surface area contributed by atoms with Gasteiger partial charge in [0.15, 0.2) is 0 Å². The highest BCUT2D eigenvalue weighted by Crippen LogP contribution is 2.34. The van der Waals surface area contributed by atoms with Crippen LogP contribution >= 0.6 is 11.6 Å². The number of benzene rings is 3. The van der Waals surface area contributed by atoms with E-state index in [2.05, 4.69) is 28.5 Å². The molecule has 1 atom stereocenters. The maximum Gasteiger partial charge on any atom is 0.270 e. The third-order valence-corrected chi connectivity index (χ3v) is 6.38. The van der Waals surface area contributed by atoms with Crippen LogP contribution in [0.15, 0.2) is 79.3 Å². The number of aromatic nitrogens is 2. The second-order valence-electron chi connectivity index (χ2n) is 8.16. The Morgan fingerprint density at radius 3 is 2.88 bits per heavy atom. The lowest BCUT2D eigenvalue weighted by Crippen LogP contribution is -2.32. The summed E-state index contributed by atoms with van der Waals surface area (Å²) < 4.78 is 7.33. The Morgan fingerprint density at radius 2 is 2.00 bits per heavy atom. The summed E-state index contributed by atoms with van der Waals surface area (Å²) in [5.41, 5.74) is 5.67. The minimum Gasteiger partial charge on any atom is -0.496 e. The molecule has 0 radical (unpaired) electrons. The first kappa shape index (κ1) is 21.3. The maximum atomic E-state index is 13.3. The molecule has 166 valence electrons. The molecule has 1 N–H and O–H groups in total. The number of methoxy groups -OCH3 is 1. The first-order chi connectivity index (χ1) is 16.1. The molecule has 0 saturated carbocycles. The zero-order chi connectivity index (χ0) is 22.8. The summed E-state index contributed by atoms with van der Waals surface area (Å²) in [5.74, 6) is 0.594. The number of hydrogen-bond donors (Lipinski definition) is 1. The summed E-state index contributed by atoms with van der Waals surface area (Å²) in [6.07, 6.45) is 6.32. The lowest BCUT2D eigenvalue weighted by atomic mass is 9.88. The van der Waals surface area contributed by atoms with Crippen molar-refractivity contribution in [2.24, 2.45) is 0 Å². The van der Waals surface area contributed by atoms with Crippen molar-refractivity contribution in [1.82, 2.24) is 14.9 Å². The Bertz CT molecular complexity index is 1310. The van der Waals surface area contributed by atoms with Crippen LogP contribution in [0.5, 0.6) is 5.75 Å². The standard InChI is InChI=1S/C27H24ClN3O2/c1-33-26-13-12-20(28)15-23(26)19-8-4-9-21(14-19)31-17-29-16-25(31)27(32)30-24-11-5-7-18-6-2-3-10-22(18)24/h2-4,6,8-10,12-17,24H,5,7,11H2,1H3,(H,30,32)/t24-/m1/s1. The van der Waals surface area contributed by atoms with Crippen molar-refractivity contribution < 1.29 is 9.53 Å². The van der Waals surface area contributed by atoms with E-state index in [1.54, 1.807) is 25.7 Å². The van der Waals surface area contributed by atoms with Crippen LogP contribution in [0.4, 0.5) is 0 Å². The van der Waals surface area contributed by atoms with Crippen molar-refractivity contribution in [3.63, 3.8) is 0 Å². The molecule has 5 rings (SSSR count). The van der Waals surface area contributed by atoms with E-state index in [1.807, 2.05) is 47.0 Å². The molecule has 0 saturated heterocycles. The van der Waals surface area contributed by atoms with Crippen molar-refractivity contribution in [1.29, 1.82) is 0 Å². The second kappa shape index (κ2) is 9.12. The van der Waals surface area contributed by atoms with Crippen LogP contribution in [-0.2, 0) is 6.42 Å². The molecule has 0 aliphatic heterocycles. The summed E-state index contributed by atoms with van der Waals surface area (Å²) in [6.45, 7) is 0. The minimum atomic E-state index is -0.139. The van der Waals surface area contributed by atoms with Crippen molar-refractivity contribution in [3.8, 4) is 22.6 Å². The van der Waals surface area contributed by atoms with Gasteiger partial charge in [-0.3, -0.25) is 9.36 Å². The SMILES string of the molecule is COc1ccc(Cl)cc1-c1cccc(-n2cncc2C(=O)N[C@@H]2CCCc3ccccc32)c1. The van der Waals surface area contributed by atoms with Crippen molar-refractivity contribution in [2.75, 3.05) is 7.11 Å². The predicted octanol–water partition coefficient (Wildman–Crippen LogP) is 6.01. The molecule has 1 amide bonds. The molecule has 0 unspecified atom stereocenters. The molecule has 4 aromatic rings. The number of carbonyl (C=O) groups is 1. The van der Waals surface area contributed by atoms with Crippen LogP contribution in [0.25, 0.3) is 16.8 Å². The first-order valence-corrected chi connectivity index (χ1v) is 11.4. The molecular formula is C27H24ClN3O2. The van der Waals surface area contributed by atoms with Gasteiger partial charge in [0.05, 0.1) is 25.7 Å². The van der Waals surface area contributed by atoms with E-state index in [4.69, 9.17) is 16.3 Å². The molecular weight excluding hydrogens is 434 g/mol. The summed E-state index contributed by atoms with van der Waals surface area (Å²) in [6, 6.07) is 21.8. The third kappa shape index (κ3) is 4.24. The number of fused-ring (bicyclic) bond motifs is 1. The average Bonchev–Trinajstić information content (AvgIpc) is 3.35. The molecule has 0 spiro atoms. The summed E-state index contributed by atoms with van der Waals surface area (Å²) in [4.78, 5) is 17.5. The molecule has 0 bridgehead atoms. The molecule has 33 heavy (non-hydrogen) atoms. The van der Waals surface area contributed by atoms with E-state index in [9.17, 15) is 4.79 Å². The van der Waals surface area contributed by atoms with Crippen LogP contribution in [0, 0.1) is 0 Å². The van der Waals surface area contributed by atoms with E-state index in [-0.39, 0.29) is 11.9 Å². The lowest BCUT2D eigenvalue weighted by molar-refractivity contribution is 0.0926. The Balaban J connectivity index is 1.45. The fourth-order valence-corrected chi connectivity index (χ4v) is 4.71. The number of ether oxygens (including phenoxy) is 1. The highest BCUT2D eigenvalue weighted by atomic mass is 35.5. The first-order valence-electron chi connectivity index (χ1n) is 11.0. The number of aryl methyl sites for hydroxylation is 1. The molecule has 1 aromatic heterocycles. The smallest absolute Gasteiger partial charge is 0.270 e. The van der Waals surface area contributed by atoms with Gasteiger partial charge in [-0.05, 0) is 66.3 Å². The summed E-state index contributed by atoms with van der Waals surface area (Å²) >= 11 is 6.23. The Kier molecular flexibility index (Phi) is 5.88. The number of nitrogens with one attached hydrogen (secondary N) is 1. The molecule has 1 aliphatic rings. The fraction of sp³-hybridized carbons (Fsp3) is 0.185. The van der Waals surface area contributed by atoms with Gasteiger partial charge in [0.1, 0.15) is 11.4 Å². The average molecular weight is 458 g/mol. The number of nitrogens with zero attached hydrogens (tertiary/aromatic N) is 2. The van der Waals surface area contributed by atoms with Gasteiger partial charge >= 0.3 is 0 Å². The number of imidazole rings is 1. The van der Waals surface area contributed by atoms with E-state index in [0.717, 1.165) is 41.8 Å². The van der Waals surface area contributed by atoms with Gasteiger partial charge in [0.2, 0.25) is 0 Å². The molecule has 5 nitrogen and oxygen atoms in total. The Morgan fingerprint density at radius 1 is 1.12 bits per heavy atom. The normalized spacial score (nSPS) is 15.0. The van der Waals surface area contributed by atoms with E-state index < -0.39 is 0 Å². The topological polar surface area (TPSA) is 56.2 Å². The van der Waals surface area contributed by atoms with Crippen LogP contribution in [-0.4, -0.2) is 22.6 Å². The second-order valence-corrected chi connectivity index (χ2v) is 8.60. The summed E-state index contributed by atoms with van der Waals surface area (Å²) in [5, 5.41) is 3.85. The molecule has 0 fully saturated rings. The number of amides is 1. The zero-order valence-corrected chi connectivity index (χ0v) is 19.0. The molecule has 1 heterocycles. The third-order valence-electron chi connectivity index (χ3n) is 6.14. The Labute approximate surface area is 198 Å². The zero-order valence-electron chi connectivity index (χ0n) is 18.3. The molecule has 1 aliphatic carbocycles. The van der Waals surface area contributed by atoms with Crippen LogP contribution in [0.3, 0.4) is 0 Å². The van der Waals surface area contributed by atoms with Crippen LogP contribution < -0.4 is 10.1 Å². The van der Waals surface area contributed by atoms with E-state index in [1.165, 1.54) is 11.1 Å². The highest BCUT2D eigenvalue weighted by molar-refractivity contribution is 6.31. The monoisotopic (exact) mass is 457 g/mol. The van der Waals surface area contributed by atoms with Gasteiger partial charge in [-0.25, -0.2) is 4.98 Å². The van der Waals surface area contributed by atoms with E-state index >= 15 is 0 Å². The van der Waals surface area contributed by atoms with Gasteiger partial charge in [-0.15, -0.1) is 0 Å². The van der Waals surface area contributed by atoms with Gasteiger partial charge < -0.3 is 10.1 Å². The van der Waals surface area contributed by atoms with E-state index in [0.29, 0.717) is 10.7 Å². The van der Waals surface area contributed by atoms with Crippen LogP contribution in [0.1, 0.15) is 40.5 Å². The maximum absolute atomic E-state index is 13.3. The van der Waals surface area contributed by atoms with Gasteiger partial charge in [0.25, 0.3) is 5.91 Å². The van der Waals surface area contributed by atoms with Crippen molar-refractivity contribution >= 4 is 17.5 Å². The predicted molar refractivity (Wildman–Crippen MR) is 130 cm³/mol. The van der Waals surface area contributed by atoms with Crippen molar-refractivity contribution in [3.05, 3.63) is 101 Å². The van der Waals surface area contributed by atoms with Gasteiger partial charge in [0, 0.05) is 16.3 Å². The van der Waals surface area contributed by atoms with Crippen molar-refractivity contribution in [2.45, 2.75) is 25.3 Å². The highest BCUT2D eigenvalue weighted by Gasteiger charge is 2.23. The molecule has 6 heteroatoms. The number of hydrogen-bond acceptors (Lipinski definition) is 3. The van der Waals surface area contributed by atoms with Gasteiger partial charge in [-0.2, -0.15) is 0 Å². The lowest BCUT2D eigenvalue weighted by Gasteiger charge is -2.26. The minimum absolute atomic E-state index is 0.00727. The van der Waals surface area contributed by atoms with Gasteiger partial charge in [-0.1, -0.05) is 48.0 Å². The molecule has 3 aromatic carbocycles. The van der Waals surface area contributed by atoms with Crippen LogP contribution in [0.2, 0.25) is 5.02 Å². The number of rotatable bonds is 5. The Hall–Kier alpha value is -3.57. The fourth-order valence-electron chi connectivity index (χ4n) is 4.53. The largest absolute Gasteiger partial charge is 0.496 e. The number of halogens is 1. The quantitative estimate of drug-likeness (QED) is 0.399. The summed E-state index contributed by atoms with van der Waals surface area (Å²) in [7, 11) is 1.64. The number of carbonyl (C=O) groups excluding carboxylic acids is 1.